The highest BCUT2D eigenvalue weighted by Gasteiger charge is 2.18. The number of carbonyl (C=O) groups excluding carboxylic acids is 1. The van der Waals surface area contributed by atoms with Crippen LogP contribution in [0.15, 0.2) is 36.5 Å². The first-order chi connectivity index (χ1) is 11.4. The third-order valence-electron chi connectivity index (χ3n) is 3.19. The molecule has 0 radical (unpaired) electrons. The molecule has 0 fully saturated rings. The highest BCUT2D eigenvalue weighted by atomic mass is 35.5. The number of nitrogens with one attached hydrogen (secondary N) is 1. The zero-order valence-electron chi connectivity index (χ0n) is 12.3. The average molecular weight is 369 g/mol. The molecule has 0 unspecified atom stereocenters. The Morgan fingerprint density at radius 3 is 2.79 bits per heavy atom. The third-order valence-corrected chi connectivity index (χ3v) is 4.84. The Kier molecular flexibility index (Phi) is 4.64. The number of thiophene rings is 1. The van der Waals surface area contributed by atoms with E-state index in [1.165, 1.54) is 12.1 Å². The second-order valence-electron chi connectivity index (χ2n) is 4.96. The van der Waals surface area contributed by atoms with Gasteiger partial charge in [-0.2, -0.15) is 8.78 Å². The second-order valence-corrected chi connectivity index (χ2v) is 6.39. The standard InChI is InChI=1S/C16H11ClF2N2O2S/c1-8-2-5-12(20-7-8)21-15(22)14-13(17)10-4-3-9(23-16(18)19)6-11(10)24-14/h2-7,16H,1H3,(H,20,21,22). The summed E-state index contributed by atoms with van der Waals surface area (Å²) in [6.07, 6.45) is 1.64. The largest absolute Gasteiger partial charge is 0.435 e. The maximum Gasteiger partial charge on any atom is 0.387 e. The van der Waals surface area contributed by atoms with Crippen molar-refractivity contribution in [2.45, 2.75) is 13.5 Å². The lowest BCUT2D eigenvalue weighted by molar-refractivity contribution is -0.0497. The minimum absolute atomic E-state index is 0.0163. The van der Waals surface area contributed by atoms with Crippen LogP contribution in [0.5, 0.6) is 5.75 Å². The van der Waals surface area contributed by atoms with Gasteiger partial charge in [-0.3, -0.25) is 4.79 Å². The van der Waals surface area contributed by atoms with Gasteiger partial charge < -0.3 is 10.1 Å². The number of ether oxygens (including phenoxy) is 1. The van der Waals surface area contributed by atoms with Gasteiger partial charge in [-0.15, -0.1) is 11.3 Å². The molecule has 0 bridgehead atoms. The molecule has 1 N–H and O–H groups in total. The van der Waals surface area contributed by atoms with Crippen molar-refractivity contribution >= 4 is 44.7 Å². The van der Waals surface area contributed by atoms with Crippen LogP contribution < -0.4 is 10.1 Å². The lowest BCUT2D eigenvalue weighted by atomic mass is 10.2. The van der Waals surface area contributed by atoms with Gasteiger partial charge in [0.25, 0.3) is 5.91 Å². The van der Waals surface area contributed by atoms with Crippen LogP contribution in [-0.4, -0.2) is 17.5 Å². The molecule has 3 aromatic rings. The molecule has 8 heteroatoms. The van der Waals surface area contributed by atoms with Crippen molar-refractivity contribution in [2.75, 3.05) is 5.32 Å². The van der Waals surface area contributed by atoms with Gasteiger partial charge in [-0.1, -0.05) is 17.7 Å². The van der Waals surface area contributed by atoms with E-state index >= 15 is 0 Å². The normalized spacial score (nSPS) is 11.0. The van der Waals surface area contributed by atoms with Crippen molar-refractivity contribution in [3.8, 4) is 5.75 Å². The van der Waals surface area contributed by atoms with Crippen LogP contribution in [0.2, 0.25) is 5.02 Å². The van der Waals surface area contributed by atoms with E-state index in [4.69, 9.17) is 11.6 Å². The van der Waals surface area contributed by atoms with Crippen LogP contribution in [0.1, 0.15) is 15.2 Å². The Morgan fingerprint density at radius 2 is 2.12 bits per heavy atom. The molecule has 0 aliphatic heterocycles. The number of carbonyl (C=O) groups is 1. The number of nitrogens with zero attached hydrogens (tertiary/aromatic N) is 1. The van der Waals surface area contributed by atoms with Crippen molar-refractivity contribution in [3.63, 3.8) is 0 Å². The highest BCUT2D eigenvalue weighted by Crippen LogP contribution is 2.37. The summed E-state index contributed by atoms with van der Waals surface area (Å²) in [7, 11) is 0. The Bertz CT molecular complexity index is 897. The van der Waals surface area contributed by atoms with Crippen LogP contribution in [0.25, 0.3) is 10.1 Å². The maximum absolute atomic E-state index is 12.4. The van der Waals surface area contributed by atoms with Crippen molar-refractivity contribution in [3.05, 3.63) is 52.0 Å². The Morgan fingerprint density at radius 1 is 1.33 bits per heavy atom. The molecule has 0 aliphatic rings. The monoisotopic (exact) mass is 368 g/mol. The van der Waals surface area contributed by atoms with Gasteiger partial charge in [0.2, 0.25) is 0 Å². The molecule has 0 atom stereocenters. The summed E-state index contributed by atoms with van der Waals surface area (Å²) in [5.41, 5.74) is 0.972. The van der Waals surface area contributed by atoms with Gasteiger partial charge in [0, 0.05) is 16.3 Å². The topological polar surface area (TPSA) is 51.2 Å². The number of hydrogen-bond acceptors (Lipinski definition) is 4. The van der Waals surface area contributed by atoms with Crippen LogP contribution in [0.3, 0.4) is 0 Å². The zero-order chi connectivity index (χ0) is 17.3. The van der Waals surface area contributed by atoms with E-state index in [9.17, 15) is 13.6 Å². The van der Waals surface area contributed by atoms with Crippen molar-refractivity contribution in [1.82, 2.24) is 4.98 Å². The molecule has 0 saturated heterocycles. The number of alkyl halides is 2. The molecular formula is C16H11ClF2N2O2S. The molecule has 0 saturated carbocycles. The SMILES string of the molecule is Cc1ccc(NC(=O)c2sc3cc(OC(F)F)ccc3c2Cl)nc1. The minimum atomic E-state index is -2.91. The molecule has 124 valence electrons. The molecule has 4 nitrogen and oxygen atoms in total. The molecule has 1 amide bonds. The Hall–Kier alpha value is -2.25. The second kappa shape index (κ2) is 6.70. The summed E-state index contributed by atoms with van der Waals surface area (Å²) in [6.45, 7) is -1.02. The summed E-state index contributed by atoms with van der Waals surface area (Å²) in [5.74, 6) is 0.0114. The average Bonchev–Trinajstić information content (AvgIpc) is 2.85. The predicted molar refractivity (Wildman–Crippen MR) is 90.4 cm³/mol. The van der Waals surface area contributed by atoms with E-state index in [0.29, 0.717) is 15.9 Å². The molecule has 1 aromatic carbocycles. The third kappa shape index (κ3) is 3.47. The summed E-state index contributed by atoms with van der Waals surface area (Å²) in [4.78, 5) is 16.8. The first-order valence-corrected chi connectivity index (χ1v) is 8.04. The molecule has 2 heterocycles. The number of fused-ring (bicyclic) bond motifs is 1. The molecular weight excluding hydrogens is 358 g/mol. The van der Waals surface area contributed by atoms with Gasteiger partial charge in [0.1, 0.15) is 16.4 Å². The fourth-order valence-corrected chi connectivity index (χ4v) is 3.52. The number of anilines is 1. The first kappa shape index (κ1) is 16.6. The van der Waals surface area contributed by atoms with Crippen LogP contribution in [-0.2, 0) is 0 Å². The van der Waals surface area contributed by atoms with Gasteiger partial charge in [0.15, 0.2) is 0 Å². The highest BCUT2D eigenvalue weighted by molar-refractivity contribution is 7.21. The molecule has 24 heavy (non-hydrogen) atoms. The van der Waals surface area contributed by atoms with E-state index in [1.54, 1.807) is 18.3 Å². The van der Waals surface area contributed by atoms with Gasteiger partial charge in [0.05, 0.1) is 5.02 Å². The summed E-state index contributed by atoms with van der Waals surface area (Å²) >= 11 is 7.34. The van der Waals surface area contributed by atoms with E-state index in [2.05, 4.69) is 15.0 Å². The number of pyridine rings is 1. The quantitative estimate of drug-likeness (QED) is 0.696. The van der Waals surface area contributed by atoms with Crippen LogP contribution in [0, 0.1) is 6.92 Å². The van der Waals surface area contributed by atoms with E-state index in [0.717, 1.165) is 16.9 Å². The lowest BCUT2D eigenvalue weighted by Gasteiger charge is -2.03. The number of rotatable bonds is 4. The van der Waals surface area contributed by atoms with E-state index in [1.807, 2.05) is 13.0 Å². The number of halogens is 3. The molecule has 0 aliphatic carbocycles. The first-order valence-electron chi connectivity index (χ1n) is 6.85. The summed E-state index contributed by atoms with van der Waals surface area (Å²) in [5, 5.41) is 3.53. The number of benzene rings is 1. The number of hydrogen-bond donors (Lipinski definition) is 1. The molecule has 0 spiro atoms. The number of aromatic nitrogens is 1. The lowest BCUT2D eigenvalue weighted by Crippen LogP contribution is -2.11. The van der Waals surface area contributed by atoms with Gasteiger partial charge in [-0.25, -0.2) is 4.98 Å². The van der Waals surface area contributed by atoms with Crippen molar-refractivity contribution in [1.29, 1.82) is 0 Å². The summed E-state index contributed by atoms with van der Waals surface area (Å²) in [6, 6.07) is 7.87. The maximum atomic E-state index is 12.4. The van der Waals surface area contributed by atoms with Gasteiger partial charge in [-0.05, 0) is 36.8 Å². The van der Waals surface area contributed by atoms with Crippen LogP contribution in [0.4, 0.5) is 14.6 Å². The Balaban J connectivity index is 1.89. The predicted octanol–water partition coefficient (Wildman–Crippen LogP) is 5.11. The molecule has 3 rings (SSSR count). The Labute approximate surface area is 145 Å². The number of amides is 1. The smallest absolute Gasteiger partial charge is 0.387 e. The van der Waals surface area contributed by atoms with Crippen LogP contribution >= 0.6 is 22.9 Å². The fraction of sp³-hybridized carbons (Fsp3) is 0.125. The van der Waals surface area contributed by atoms with Crippen molar-refractivity contribution in [2.24, 2.45) is 0 Å². The number of aryl methyl sites for hydroxylation is 1. The van der Waals surface area contributed by atoms with E-state index in [-0.39, 0.29) is 15.6 Å². The van der Waals surface area contributed by atoms with Crippen molar-refractivity contribution < 1.29 is 18.3 Å². The molecule has 2 aromatic heterocycles. The fourth-order valence-electron chi connectivity index (χ4n) is 2.08. The summed E-state index contributed by atoms with van der Waals surface area (Å²) < 4.78 is 29.5. The zero-order valence-corrected chi connectivity index (χ0v) is 13.9. The van der Waals surface area contributed by atoms with E-state index < -0.39 is 12.5 Å². The van der Waals surface area contributed by atoms with Gasteiger partial charge >= 0.3 is 6.61 Å². The minimum Gasteiger partial charge on any atom is -0.435 e.